The Balaban J connectivity index is 1.84. The van der Waals surface area contributed by atoms with Gasteiger partial charge in [-0.2, -0.15) is 0 Å². The number of imidazole rings is 1. The van der Waals surface area contributed by atoms with Gasteiger partial charge in [-0.1, -0.05) is 0 Å². The van der Waals surface area contributed by atoms with E-state index in [4.69, 9.17) is 5.73 Å². The number of aromatic nitrogens is 6. The second-order valence-corrected chi connectivity index (χ2v) is 6.79. The standard InChI is InChI=1S/C16H17N7O5/c1-20-12-10(14(26)21(2)16(20)28)22(6-18-12)5-8(24)9-11(17)23(7-3-4-7)15(27)19-13(9)25/h6-7H,3-5,17H2,1-2H3,(H,19,25,27). The van der Waals surface area contributed by atoms with E-state index < -0.39 is 34.8 Å². The minimum atomic E-state index is -0.880. The smallest absolute Gasteiger partial charge is 0.332 e. The topological polar surface area (TPSA) is 160 Å². The van der Waals surface area contributed by atoms with Crippen LogP contribution in [0, 0.1) is 0 Å². The monoisotopic (exact) mass is 387 g/mol. The maximum Gasteiger partial charge on any atom is 0.332 e. The summed E-state index contributed by atoms with van der Waals surface area (Å²) in [4.78, 5) is 67.6. The van der Waals surface area contributed by atoms with E-state index >= 15 is 0 Å². The fourth-order valence-electron chi connectivity index (χ4n) is 3.28. The van der Waals surface area contributed by atoms with Gasteiger partial charge in [0.2, 0.25) is 0 Å². The first-order valence-electron chi connectivity index (χ1n) is 8.50. The average Bonchev–Trinajstić information content (AvgIpc) is 3.37. The van der Waals surface area contributed by atoms with Gasteiger partial charge in [0.1, 0.15) is 11.4 Å². The third kappa shape index (κ3) is 2.45. The van der Waals surface area contributed by atoms with Crippen LogP contribution in [0.25, 0.3) is 11.2 Å². The Hall–Kier alpha value is -3.70. The summed E-state index contributed by atoms with van der Waals surface area (Å²) >= 11 is 0. The average molecular weight is 387 g/mol. The van der Waals surface area contributed by atoms with Gasteiger partial charge in [0.05, 0.1) is 12.9 Å². The van der Waals surface area contributed by atoms with Gasteiger partial charge in [-0.05, 0) is 12.8 Å². The number of fused-ring (bicyclic) bond motifs is 1. The molecule has 0 aromatic carbocycles. The number of carbonyl (C=O) groups excluding carboxylic acids is 1. The van der Waals surface area contributed by atoms with Gasteiger partial charge in [-0.25, -0.2) is 14.6 Å². The first-order chi connectivity index (χ1) is 13.2. The molecule has 0 unspecified atom stereocenters. The number of aryl methyl sites for hydroxylation is 1. The van der Waals surface area contributed by atoms with Gasteiger partial charge >= 0.3 is 11.4 Å². The molecule has 0 bridgehead atoms. The molecule has 3 aromatic rings. The minimum absolute atomic E-state index is 0.0449. The molecule has 3 aromatic heterocycles. The van der Waals surface area contributed by atoms with Crippen molar-refractivity contribution in [2.45, 2.75) is 25.4 Å². The molecule has 28 heavy (non-hydrogen) atoms. The van der Waals surface area contributed by atoms with Crippen LogP contribution in [-0.2, 0) is 20.6 Å². The molecule has 12 heteroatoms. The highest BCUT2D eigenvalue weighted by Crippen LogP contribution is 2.35. The molecule has 3 N–H and O–H groups in total. The summed E-state index contributed by atoms with van der Waals surface area (Å²) in [7, 11) is 2.77. The van der Waals surface area contributed by atoms with Crippen molar-refractivity contribution in [3.05, 3.63) is 53.6 Å². The summed E-state index contributed by atoms with van der Waals surface area (Å²) in [5.41, 5.74) is 3.07. The Kier molecular flexibility index (Phi) is 3.73. The molecule has 146 valence electrons. The van der Waals surface area contributed by atoms with Crippen molar-refractivity contribution in [2.75, 3.05) is 5.73 Å². The maximum absolute atomic E-state index is 12.8. The molecule has 1 saturated carbocycles. The summed E-state index contributed by atoms with van der Waals surface area (Å²) in [6, 6.07) is -0.133. The lowest BCUT2D eigenvalue weighted by Gasteiger charge is -2.11. The number of nitrogen functional groups attached to an aromatic ring is 1. The zero-order valence-electron chi connectivity index (χ0n) is 15.1. The van der Waals surface area contributed by atoms with E-state index in [-0.39, 0.29) is 28.6 Å². The van der Waals surface area contributed by atoms with Crippen LogP contribution in [0.5, 0.6) is 0 Å². The summed E-state index contributed by atoms with van der Waals surface area (Å²) in [6.07, 6.45) is 2.71. The van der Waals surface area contributed by atoms with Crippen molar-refractivity contribution in [3.8, 4) is 0 Å². The quantitative estimate of drug-likeness (QED) is 0.494. The highest BCUT2D eigenvalue weighted by Gasteiger charge is 2.30. The number of aromatic amines is 1. The number of ketones is 1. The van der Waals surface area contributed by atoms with Gasteiger partial charge in [-0.15, -0.1) is 0 Å². The van der Waals surface area contributed by atoms with E-state index in [0.29, 0.717) is 0 Å². The minimum Gasteiger partial charge on any atom is -0.384 e. The lowest BCUT2D eigenvalue weighted by Crippen LogP contribution is -2.38. The van der Waals surface area contributed by atoms with Crippen molar-refractivity contribution in [2.24, 2.45) is 14.1 Å². The summed E-state index contributed by atoms with van der Waals surface area (Å²) in [5.74, 6) is -0.866. The Morgan fingerprint density at radius 3 is 2.54 bits per heavy atom. The van der Waals surface area contributed by atoms with Crippen molar-refractivity contribution < 1.29 is 4.79 Å². The Bertz CT molecular complexity index is 1380. The molecular formula is C16H17N7O5. The zero-order valence-corrected chi connectivity index (χ0v) is 15.1. The van der Waals surface area contributed by atoms with E-state index in [9.17, 15) is 24.0 Å². The van der Waals surface area contributed by atoms with Gasteiger partial charge in [0.15, 0.2) is 16.9 Å². The first kappa shape index (κ1) is 17.7. The van der Waals surface area contributed by atoms with Crippen LogP contribution in [0.1, 0.15) is 29.2 Å². The normalized spacial score (nSPS) is 13.9. The largest absolute Gasteiger partial charge is 0.384 e. The van der Waals surface area contributed by atoms with Crippen LogP contribution in [0.2, 0.25) is 0 Å². The molecule has 1 aliphatic rings. The molecule has 4 rings (SSSR count). The Morgan fingerprint density at radius 1 is 1.21 bits per heavy atom. The molecule has 0 aliphatic heterocycles. The van der Waals surface area contributed by atoms with E-state index in [1.165, 1.54) is 34.1 Å². The third-order valence-electron chi connectivity index (χ3n) is 4.90. The number of nitrogens with zero attached hydrogens (tertiary/aromatic N) is 5. The number of hydrogen-bond acceptors (Lipinski definition) is 7. The first-order valence-corrected chi connectivity index (χ1v) is 8.50. The van der Waals surface area contributed by atoms with Crippen molar-refractivity contribution in [1.29, 1.82) is 0 Å². The molecule has 0 saturated heterocycles. The number of rotatable bonds is 4. The SMILES string of the molecule is Cn1c(=O)c2c(ncn2CC(=O)c2c(N)n(C3CC3)c(=O)[nH]c2=O)n(C)c1=O. The Labute approximate surface area is 155 Å². The third-order valence-corrected chi connectivity index (χ3v) is 4.90. The fourth-order valence-corrected chi connectivity index (χ4v) is 3.28. The molecule has 1 aliphatic carbocycles. The molecule has 0 amide bonds. The molecule has 0 radical (unpaired) electrons. The second-order valence-electron chi connectivity index (χ2n) is 6.79. The number of Topliss-reactive ketones (excluding diaryl/α,β-unsaturated/α-hetero) is 1. The van der Waals surface area contributed by atoms with Gasteiger partial charge in [-0.3, -0.25) is 33.1 Å². The summed E-state index contributed by atoms with van der Waals surface area (Å²) in [6.45, 7) is -0.403. The van der Waals surface area contributed by atoms with Crippen LogP contribution in [0.3, 0.4) is 0 Å². The molecule has 3 heterocycles. The second kappa shape index (κ2) is 5.90. The van der Waals surface area contributed by atoms with Crippen LogP contribution in [0.4, 0.5) is 5.82 Å². The lowest BCUT2D eigenvalue weighted by molar-refractivity contribution is 0.0972. The molecule has 1 fully saturated rings. The molecule has 12 nitrogen and oxygen atoms in total. The Morgan fingerprint density at radius 2 is 1.89 bits per heavy atom. The molecular weight excluding hydrogens is 370 g/mol. The van der Waals surface area contributed by atoms with Gasteiger partial charge in [0.25, 0.3) is 11.1 Å². The van der Waals surface area contributed by atoms with E-state index in [1.807, 2.05) is 0 Å². The number of nitrogens with one attached hydrogen (secondary N) is 1. The zero-order chi connectivity index (χ0) is 20.3. The fraction of sp³-hybridized carbons (Fsp3) is 0.375. The van der Waals surface area contributed by atoms with E-state index in [0.717, 1.165) is 17.4 Å². The lowest BCUT2D eigenvalue weighted by atomic mass is 10.2. The van der Waals surface area contributed by atoms with E-state index in [2.05, 4.69) is 9.97 Å². The molecule has 0 spiro atoms. The maximum atomic E-state index is 12.8. The number of anilines is 1. The number of hydrogen-bond donors (Lipinski definition) is 2. The predicted molar refractivity (Wildman–Crippen MR) is 98.6 cm³/mol. The van der Waals surface area contributed by atoms with Crippen molar-refractivity contribution >= 4 is 22.8 Å². The molecule has 0 atom stereocenters. The summed E-state index contributed by atoms with van der Waals surface area (Å²) < 4.78 is 4.56. The number of H-pyrrole nitrogens is 1. The highest BCUT2D eigenvalue weighted by molar-refractivity contribution is 6.00. The van der Waals surface area contributed by atoms with Crippen molar-refractivity contribution in [1.82, 2.24) is 28.2 Å². The number of nitrogens with two attached hydrogens (primary N) is 1. The van der Waals surface area contributed by atoms with Gasteiger partial charge in [0, 0.05) is 20.1 Å². The van der Waals surface area contributed by atoms with Gasteiger partial charge < -0.3 is 10.3 Å². The number of carbonyl (C=O) groups is 1. The predicted octanol–water partition coefficient (Wildman–Crippen LogP) is -1.92. The highest BCUT2D eigenvalue weighted by atomic mass is 16.2. The van der Waals surface area contributed by atoms with Crippen LogP contribution >= 0.6 is 0 Å². The van der Waals surface area contributed by atoms with E-state index in [1.54, 1.807) is 0 Å². The van der Waals surface area contributed by atoms with Crippen LogP contribution < -0.4 is 28.2 Å². The summed E-state index contributed by atoms with van der Waals surface area (Å²) in [5, 5.41) is 0. The van der Waals surface area contributed by atoms with Crippen LogP contribution in [-0.4, -0.2) is 34.0 Å². The van der Waals surface area contributed by atoms with Crippen LogP contribution in [0.15, 0.2) is 25.5 Å². The van der Waals surface area contributed by atoms with Crippen molar-refractivity contribution in [3.63, 3.8) is 0 Å².